The fourth-order valence-corrected chi connectivity index (χ4v) is 6.15. The molecule has 2 aliphatic rings. The summed E-state index contributed by atoms with van der Waals surface area (Å²) in [5, 5.41) is 0. The lowest BCUT2D eigenvalue weighted by atomic mass is 9.95. The van der Waals surface area contributed by atoms with Gasteiger partial charge in [0.05, 0.1) is 25.2 Å². The standard InChI is InChI=1S/C24H30N2O5S/c1-30-20-7-5-18(6-8-20)23-4-3-15-26(23)24(27)19-13-16-25(17-14-19)32(28,29)22-11-9-21(31-2)10-12-22/h5-12,19,23H,3-4,13-17H2,1-2H3. The molecule has 0 spiro atoms. The minimum atomic E-state index is -3.57. The van der Waals surface area contributed by atoms with E-state index in [0.717, 1.165) is 30.7 Å². The lowest BCUT2D eigenvalue weighted by Crippen LogP contribution is -2.44. The molecule has 0 aliphatic carbocycles. The third-order valence-corrected chi connectivity index (χ3v) is 8.45. The van der Waals surface area contributed by atoms with Crippen LogP contribution in [0.1, 0.15) is 37.3 Å². The summed E-state index contributed by atoms with van der Waals surface area (Å²) in [4.78, 5) is 15.6. The molecule has 4 rings (SSSR count). The maximum Gasteiger partial charge on any atom is 0.243 e. The van der Waals surface area contributed by atoms with Gasteiger partial charge in [0.15, 0.2) is 0 Å². The Balaban J connectivity index is 1.40. The Bertz CT molecular complexity index is 1030. The highest BCUT2D eigenvalue weighted by Crippen LogP contribution is 2.36. The van der Waals surface area contributed by atoms with Gasteiger partial charge in [-0.25, -0.2) is 8.42 Å². The van der Waals surface area contributed by atoms with E-state index in [1.807, 2.05) is 29.2 Å². The molecule has 2 saturated heterocycles. The summed E-state index contributed by atoms with van der Waals surface area (Å²) in [6, 6.07) is 14.4. The van der Waals surface area contributed by atoms with Crippen LogP contribution in [0.15, 0.2) is 53.4 Å². The number of amides is 1. The van der Waals surface area contributed by atoms with Crippen LogP contribution in [0.25, 0.3) is 0 Å². The highest BCUT2D eigenvalue weighted by Gasteiger charge is 2.37. The van der Waals surface area contributed by atoms with E-state index < -0.39 is 10.0 Å². The van der Waals surface area contributed by atoms with Gasteiger partial charge in [0, 0.05) is 25.6 Å². The van der Waals surface area contributed by atoms with Crippen LogP contribution in [0, 0.1) is 5.92 Å². The normalized spacial score (nSPS) is 20.3. The van der Waals surface area contributed by atoms with Gasteiger partial charge in [0.25, 0.3) is 0 Å². The highest BCUT2D eigenvalue weighted by molar-refractivity contribution is 7.89. The Labute approximate surface area is 190 Å². The van der Waals surface area contributed by atoms with Crippen LogP contribution in [0.4, 0.5) is 0 Å². The molecule has 7 nitrogen and oxygen atoms in total. The molecule has 2 aromatic carbocycles. The second kappa shape index (κ2) is 9.50. The van der Waals surface area contributed by atoms with Gasteiger partial charge in [-0.05, 0) is 67.6 Å². The number of ether oxygens (including phenoxy) is 2. The summed E-state index contributed by atoms with van der Waals surface area (Å²) in [6.07, 6.45) is 3.01. The van der Waals surface area contributed by atoms with E-state index in [2.05, 4.69) is 0 Å². The summed E-state index contributed by atoms with van der Waals surface area (Å²) < 4.78 is 37.8. The predicted molar refractivity (Wildman–Crippen MR) is 121 cm³/mol. The number of likely N-dealkylation sites (tertiary alicyclic amines) is 1. The molecule has 0 aromatic heterocycles. The zero-order valence-corrected chi connectivity index (χ0v) is 19.4. The average Bonchev–Trinajstić information content (AvgIpc) is 3.33. The van der Waals surface area contributed by atoms with Crippen molar-refractivity contribution in [3.63, 3.8) is 0 Å². The first-order valence-electron chi connectivity index (χ1n) is 11.0. The van der Waals surface area contributed by atoms with Gasteiger partial charge in [-0.15, -0.1) is 0 Å². The first-order chi connectivity index (χ1) is 15.4. The molecule has 2 aromatic rings. The minimum Gasteiger partial charge on any atom is -0.497 e. The number of carbonyl (C=O) groups excluding carboxylic acids is 1. The third kappa shape index (κ3) is 4.47. The fraction of sp³-hybridized carbons (Fsp3) is 0.458. The number of hydrogen-bond acceptors (Lipinski definition) is 5. The van der Waals surface area contributed by atoms with Crippen LogP contribution in [0.2, 0.25) is 0 Å². The number of carbonyl (C=O) groups is 1. The topological polar surface area (TPSA) is 76.2 Å². The summed E-state index contributed by atoms with van der Waals surface area (Å²) in [7, 11) is -0.388. The number of hydrogen-bond donors (Lipinski definition) is 0. The van der Waals surface area contributed by atoms with E-state index in [9.17, 15) is 13.2 Å². The lowest BCUT2D eigenvalue weighted by molar-refractivity contribution is -0.137. The third-order valence-electron chi connectivity index (χ3n) is 6.54. The van der Waals surface area contributed by atoms with Gasteiger partial charge < -0.3 is 14.4 Å². The van der Waals surface area contributed by atoms with E-state index in [-0.39, 0.29) is 22.8 Å². The molecular weight excluding hydrogens is 428 g/mol. The zero-order valence-electron chi connectivity index (χ0n) is 18.6. The second-order valence-corrected chi connectivity index (χ2v) is 10.3. The first kappa shape index (κ1) is 22.6. The van der Waals surface area contributed by atoms with Crippen LogP contribution < -0.4 is 9.47 Å². The van der Waals surface area contributed by atoms with Gasteiger partial charge in [0.2, 0.25) is 15.9 Å². The molecule has 0 saturated carbocycles. The average molecular weight is 459 g/mol. The van der Waals surface area contributed by atoms with Crippen LogP contribution in [-0.2, 0) is 14.8 Å². The van der Waals surface area contributed by atoms with Gasteiger partial charge in [-0.2, -0.15) is 4.31 Å². The molecule has 1 unspecified atom stereocenters. The van der Waals surface area contributed by atoms with Crippen LogP contribution in [0.5, 0.6) is 11.5 Å². The van der Waals surface area contributed by atoms with Crippen molar-refractivity contribution < 1.29 is 22.7 Å². The van der Waals surface area contributed by atoms with E-state index in [1.54, 1.807) is 38.5 Å². The van der Waals surface area contributed by atoms with E-state index in [4.69, 9.17) is 9.47 Å². The Morgan fingerprint density at radius 2 is 1.41 bits per heavy atom. The number of rotatable bonds is 6. The van der Waals surface area contributed by atoms with Crippen LogP contribution >= 0.6 is 0 Å². The van der Waals surface area contributed by atoms with Crippen molar-refractivity contribution >= 4 is 15.9 Å². The molecule has 0 radical (unpaired) electrons. The molecule has 2 aliphatic heterocycles. The molecule has 1 atom stereocenters. The van der Waals surface area contributed by atoms with Crippen LogP contribution in [0.3, 0.4) is 0 Å². The molecule has 172 valence electrons. The zero-order chi connectivity index (χ0) is 22.7. The number of nitrogens with zero attached hydrogens (tertiary/aromatic N) is 2. The summed E-state index contributed by atoms with van der Waals surface area (Å²) in [5.74, 6) is 1.42. The van der Waals surface area contributed by atoms with Crippen molar-refractivity contribution in [3.05, 3.63) is 54.1 Å². The monoisotopic (exact) mass is 458 g/mol. The summed E-state index contributed by atoms with van der Waals surface area (Å²) in [6.45, 7) is 1.46. The largest absolute Gasteiger partial charge is 0.497 e. The van der Waals surface area contributed by atoms with Gasteiger partial charge in [-0.3, -0.25) is 4.79 Å². The van der Waals surface area contributed by atoms with Crippen molar-refractivity contribution in [3.8, 4) is 11.5 Å². The minimum absolute atomic E-state index is 0.0782. The molecule has 0 N–H and O–H groups in total. The number of methoxy groups -OCH3 is 2. The number of benzene rings is 2. The number of sulfonamides is 1. The molecule has 1 amide bonds. The molecular formula is C24H30N2O5S. The van der Waals surface area contributed by atoms with Gasteiger partial charge in [0.1, 0.15) is 11.5 Å². The molecule has 2 heterocycles. The van der Waals surface area contributed by atoms with Crippen molar-refractivity contribution in [2.75, 3.05) is 33.9 Å². The van der Waals surface area contributed by atoms with Crippen molar-refractivity contribution in [1.29, 1.82) is 0 Å². The molecule has 0 bridgehead atoms. The predicted octanol–water partition coefficient (Wildman–Crippen LogP) is 3.47. The van der Waals surface area contributed by atoms with Gasteiger partial charge >= 0.3 is 0 Å². The Morgan fingerprint density at radius 3 is 1.97 bits per heavy atom. The fourth-order valence-electron chi connectivity index (χ4n) is 4.68. The Hall–Kier alpha value is -2.58. The smallest absolute Gasteiger partial charge is 0.243 e. The van der Waals surface area contributed by atoms with Crippen molar-refractivity contribution in [2.45, 2.75) is 36.6 Å². The van der Waals surface area contributed by atoms with E-state index in [0.29, 0.717) is 31.7 Å². The Morgan fingerprint density at radius 1 is 0.844 bits per heavy atom. The lowest BCUT2D eigenvalue weighted by Gasteiger charge is -2.34. The van der Waals surface area contributed by atoms with E-state index in [1.165, 1.54) is 4.31 Å². The molecule has 32 heavy (non-hydrogen) atoms. The SMILES string of the molecule is COc1ccc(C2CCCN2C(=O)C2CCN(S(=O)(=O)c3ccc(OC)cc3)CC2)cc1. The first-order valence-corrected chi connectivity index (χ1v) is 12.5. The second-order valence-electron chi connectivity index (χ2n) is 8.32. The molecule has 2 fully saturated rings. The Kier molecular flexibility index (Phi) is 6.71. The highest BCUT2D eigenvalue weighted by atomic mass is 32.2. The van der Waals surface area contributed by atoms with Gasteiger partial charge in [-0.1, -0.05) is 12.1 Å². The van der Waals surface area contributed by atoms with E-state index >= 15 is 0 Å². The maximum atomic E-state index is 13.3. The quantitative estimate of drug-likeness (QED) is 0.663. The van der Waals surface area contributed by atoms with Crippen LogP contribution in [-0.4, -0.2) is 57.4 Å². The van der Waals surface area contributed by atoms with Crippen molar-refractivity contribution in [2.24, 2.45) is 5.92 Å². The summed E-state index contributed by atoms with van der Waals surface area (Å²) >= 11 is 0. The number of piperidine rings is 1. The molecule has 8 heteroatoms. The van der Waals surface area contributed by atoms with Crippen molar-refractivity contribution in [1.82, 2.24) is 9.21 Å². The maximum absolute atomic E-state index is 13.3. The summed E-state index contributed by atoms with van der Waals surface area (Å²) in [5.41, 5.74) is 1.12.